The van der Waals surface area contributed by atoms with E-state index in [0.29, 0.717) is 0 Å². The fourth-order valence-corrected chi connectivity index (χ4v) is 6.77. The Morgan fingerprint density at radius 1 is 1.06 bits per heavy atom. The average molecular weight is 502 g/mol. The molecule has 0 aliphatic carbocycles. The van der Waals surface area contributed by atoms with Gasteiger partial charge >= 0.3 is 0 Å². The first-order chi connectivity index (χ1) is 17.1. The summed E-state index contributed by atoms with van der Waals surface area (Å²) in [5.41, 5.74) is 5.63. The van der Waals surface area contributed by atoms with Crippen LogP contribution < -0.4 is 4.90 Å². The fourth-order valence-electron chi connectivity index (χ4n) is 4.65. The molecule has 1 aliphatic heterocycles. The number of hydrogen-bond donors (Lipinski definition) is 1. The number of anilines is 1. The number of nitriles is 1. The van der Waals surface area contributed by atoms with Crippen LogP contribution >= 0.6 is 23.1 Å². The number of nitrogens with one attached hydrogen (secondary N) is 1. The van der Waals surface area contributed by atoms with Crippen molar-refractivity contribution >= 4 is 39.7 Å². The van der Waals surface area contributed by atoms with Crippen molar-refractivity contribution in [3.8, 4) is 6.07 Å². The van der Waals surface area contributed by atoms with Gasteiger partial charge in [0.15, 0.2) is 4.34 Å². The highest BCUT2D eigenvalue weighted by atomic mass is 32.2. The van der Waals surface area contributed by atoms with Crippen LogP contribution in [0.5, 0.6) is 0 Å². The fraction of sp³-hybridized carbons (Fsp3) is 0.357. The van der Waals surface area contributed by atoms with Crippen LogP contribution in [0.1, 0.15) is 34.5 Å². The molecule has 180 valence electrons. The molecule has 2 aromatic carbocycles. The van der Waals surface area contributed by atoms with Gasteiger partial charge in [-0.25, -0.2) is 4.98 Å². The zero-order chi connectivity index (χ0) is 24.2. The van der Waals surface area contributed by atoms with Gasteiger partial charge in [-0.05, 0) is 87.7 Å². The summed E-state index contributed by atoms with van der Waals surface area (Å²) in [6.07, 6.45) is 5.53. The molecule has 0 unspecified atom stereocenters. The standard InChI is InChI=1S/C28H31N5S2/c1-20-21(2)34-28(31-20)35-25-9-7-24(8-10-25)33-15-13-32(14-16-33)12-4-3-5-23-19-30-27-11-6-22(18-29)17-26(23)27/h6-11,17,19,30H,3-5,12-16H2,1-2H3. The van der Waals surface area contributed by atoms with Crippen LogP contribution in [0.15, 0.2) is 57.9 Å². The lowest BCUT2D eigenvalue weighted by atomic mass is 10.1. The number of piperazine rings is 1. The maximum Gasteiger partial charge on any atom is 0.155 e. The number of hydrogen-bond acceptors (Lipinski definition) is 6. The molecule has 0 spiro atoms. The van der Waals surface area contributed by atoms with Gasteiger partial charge in [0.05, 0.1) is 17.3 Å². The summed E-state index contributed by atoms with van der Waals surface area (Å²) >= 11 is 3.53. The lowest BCUT2D eigenvalue weighted by Crippen LogP contribution is -2.46. The zero-order valence-corrected chi connectivity index (χ0v) is 22.0. The van der Waals surface area contributed by atoms with E-state index in [2.05, 4.69) is 70.1 Å². The first-order valence-corrected chi connectivity index (χ1v) is 13.9. The van der Waals surface area contributed by atoms with Crippen molar-refractivity contribution in [3.05, 3.63) is 70.4 Å². The van der Waals surface area contributed by atoms with Gasteiger partial charge in [-0.1, -0.05) is 11.8 Å². The molecule has 5 nitrogen and oxygen atoms in total. The van der Waals surface area contributed by atoms with E-state index in [0.717, 1.165) is 60.3 Å². The van der Waals surface area contributed by atoms with Crippen LogP contribution in [0.3, 0.4) is 0 Å². The number of aromatic amines is 1. The largest absolute Gasteiger partial charge is 0.369 e. The molecule has 1 aliphatic rings. The molecule has 0 bridgehead atoms. The Hall–Kier alpha value is -2.79. The topological polar surface area (TPSA) is 59.0 Å². The molecule has 0 radical (unpaired) electrons. The molecule has 35 heavy (non-hydrogen) atoms. The first kappa shape index (κ1) is 23.9. The minimum atomic E-state index is 0.731. The maximum atomic E-state index is 9.18. The van der Waals surface area contributed by atoms with Gasteiger partial charge < -0.3 is 9.88 Å². The average Bonchev–Trinajstić information content (AvgIpc) is 3.43. The van der Waals surface area contributed by atoms with Gasteiger partial charge in [0.25, 0.3) is 0 Å². The van der Waals surface area contributed by atoms with Crippen molar-refractivity contribution in [2.24, 2.45) is 0 Å². The Morgan fingerprint density at radius 2 is 1.86 bits per heavy atom. The summed E-state index contributed by atoms with van der Waals surface area (Å²) in [4.78, 5) is 15.6. The van der Waals surface area contributed by atoms with E-state index in [1.165, 1.54) is 39.3 Å². The van der Waals surface area contributed by atoms with E-state index in [1.807, 2.05) is 18.2 Å². The lowest BCUT2D eigenvalue weighted by Gasteiger charge is -2.36. The van der Waals surface area contributed by atoms with Crippen molar-refractivity contribution in [1.29, 1.82) is 5.26 Å². The second-order valence-corrected chi connectivity index (χ2v) is 11.7. The highest BCUT2D eigenvalue weighted by Gasteiger charge is 2.17. The van der Waals surface area contributed by atoms with Gasteiger partial charge in [-0.15, -0.1) is 11.3 Å². The smallest absolute Gasteiger partial charge is 0.155 e. The number of H-pyrrole nitrogens is 1. The molecule has 5 rings (SSSR count). The van der Waals surface area contributed by atoms with Crippen molar-refractivity contribution in [1.82, 2.24) is 14.9 Å². The summed E-state index contributed by atoms with van der Waals surface area (Å²) in [6.45, 7) is 9.76. The molecule has 3 heterocycles. The second kappa shape index (κ2) is 10.9. The van der Waals surface area contributed by atoms with E-state index in [4.69, 9.17) is 0 Å². The Kier molecular flexibility index (Phi) is 7.43. The predicted octanol–water partition coefficient (Wildman–Crippen LogP) is 6.41. The lowest BCUT2D eigenvalue weighted by molar-refractivity contribution is 0.253. The first-order valence-electron chi connectivity index (χ1n) is 12.3. The van der Waals surface area contributed by atoms with Crippen LogP contribution in [0.4, 0.5) is 5.69 Å². The van der Waals surface area contributed by atoms with Gasteiger partial charge in [-0.3, -0.25) is 4.90 Å². The number of nitrogens with zero attached hydrogens (tertiary/aromatic N) is 4. The summed E-state index contributed by atoms with van der Waals surface area (Å²) in [5, 5.41) is 10.4. The molecule has 0 atom stereocenters. The van der Waals surface area contributed by atoms with Crippen molar-refractivity contribution in [3.63, 3.8) is 0 Å². The van der Waals surface area contributed by atoms with Crippen molar-refractivity contribution in [2.45, 2.75) is 42.3 Å². The molecule has 0 saturated carbocycles. The number of rotatable bonds is 8. The quantitative estimate of drug-likeness (QED) is 0.283. The number of aryl methyl sites for hydroxylation is 3. The number of thiazole rings is 1. The zero-order valence-electron chi connectivity index (χ0n) is 20.4. The van der Waals surface area contributed by atoms with Gasteiger partial charge in [-0.2, -0.15) is 5.26 Å². The molecule has 1 saturated heterocycles. The molecule has 2 aromatic heterocycles. The monoisotopic (exact) mass is 501 g/mol. The van der Waals surface area contributed by atoms with Crippen LogP contribution in [-0.2, 0) is 6.42 Å². The van der Waals surface area contributed by atoms with Crippen molar-refractivity contribution in [2.75, 3.05) is 37.6 Å². The summed E-state index contributed by atoms with van der Waals surface area (Å²) in [5.74, 6) is 0. The molecule has 1 fully saturated rings. The van der Waals surface area contributed by atoms with E-state index < -0.39 is 0 Å². The van der Waals surface area contributed by atoms with Gasteiger partial charge in [0.2, 0.25) is 0 Å². The Balaban J connectivity index is 1.05. The third kappa shape index (κ3) is 5.72. The van der Waals surface area contributed by atoms with Crippen LogP contribution in [0.2, 0.25) is 0 Å². The SMILES string of the molecule is Cc1nc(Sc2ccc(N3CCN(CCCCc4c[nH]c5ccc(C#N)cc45)CC3)cc2)sc1C. The van der Waals surface area contributed by atoms with Crippen LogP contribution in [0.25, 0.3) is 10.9 Å². The number of aromatic nitrogens is 2. The van der Waals surface area contributed by atoms with Crippen LogP contribution in [-0.4, -0.2) is 47.6 Å². The molecule has 1 N–H and O–H groups in total. The number of benzene rings is 2. The summed E-state index contributed by atoms with van der Waals surface area (Å²) in [6, 6.07) is 17.1. The van der Waals surface area contributed by atoms with Gasteiger partial charge in [0, 0.05) is 58.7 Å². The van der Waals surface area contributed by atoms with Crippen molar-refractivity contribution < 1.29 is 0 Å². The van der Waals surface area contributed by atoms with E-state index in [9.17, 15) is 5.26 Å². The second-order valence-electron chi connectivity index (χ2n) is 9.19. The molecular formula is C28H31N5S2. The van der Waals surface area contributed by atoms with E-state index in [1.54, 1.807) is 23.1 Å². The number of unbranched alkanes of at least 4 members (excludes halogenated alkanes) is 1. The third-order valence-electron chi connectivity index (χ3n) is 6.86. The van der Waals surface area contributed by atoms with E-state index >= 15 is 0 Å². The normalized spacial score (nSPS) is 14.5. The summed E-state index contributed by atoms with van der Waals surface area (Å²) in [7, 11) is 0. The van der Waals surface area contributed by atoms with Gasteiger partial charge in [0.1, 0.15) is 0 Å². The Morgan fingerprint density at radius 3 is 2.57 bits per heavy atom. The summed E-state index contributed by atoms with van der Waals surface area (Å²) < 4.78 is 1.12. The molecule has 0 amide bonds. The van der Waals surface area contributed by atoms with Crippen LogP contribution in [0, 0.1) is 25.2 Å². The molecule has 7 heteroatoms. The number of fused-ring (bicyclic) bond motifs is 1. The third-order valence-corrected chi connectivity index (χ3v) is 9.00. The Bertz CT molecular complexity index is 1300. The Labute approximate surface area is 215 Å². The predicted molar refractivity (Wildman–Crippen MR) is 147 cm³/mol. The minimum Gasteiger partial charge on any atom is -0.369 e. The highest BCUT2D eigenvalue weighted by molar-refractivity contribution is 8.01. The minimum absolute atomic E-state index is 0.731. The van der Waals surface area contributed by atoms with E-state index in [-0.39, 0.29) is 0 Å². The molecule has 4 aromatic rings. The molecular weight excluding hydrogens is 470 g/mol. The maximum absolute atomic E-state index is 9.18. The highest BCUT2D eigenvalue weighted by Crippen LogP contribution is 2.33.